The van der Waals surface area contributed by atoms with Crippen molar-refractivity contribution < 1.29 is 18.6 Å². The molecule has 0 radical (unpaired) electrons. The summed E-state index contributed by atoms with van der Waals surface area (Å²) in [6.45, 7) is 0.424. The highest BCUT2D eigenvalue weighted by atomic mass is 35.5. The average molecular weight is 407 g/mol. The zero-order valence-corrected chi connectivity index (χ0v) is 15.9. The molecule has 4 aromatic rings. The van der Waals surface area contributed by atoms with Crippen molar-refractivity contribution in [1.82, 2.24) is 0 Å². The molecule has 1 aromatic heterocycles. The topological polar surface area (TPSA) is 57.9 Å². The molecule has 144 valence electrons. The molecule has 1 aliphatic rings. The maximum atomic E-state index is 12.1. The van der Waals surface area contributed by atoms with Crippen LogP contribution in [-0.4, -0.2) is 6.79 Å². The third-order valence-electron chi connectivity index (χ3n) is 4.74. The van der Waals surface area contributed by atoms with E-state index in [0.29, 0.717) is 27.9 Å². The molecule has 0 aliphatic carbocycles. The van der Waals surface area contributed by atoms with Gasteiger partial charge in [0.15, 0.2) is 11.5 Å². The summed E-state index contributed by atoms with van der Waals surface area (Å²) < 4.78 is 22.0. The monoisotopic (exact) mass is 406 g/mol. The van der Waals surface area contributed by atoms with Crippen molar-refractivity contribution in [3.05, 3.63) is 87.7 Å². The van der Waals surface area contributed by atoms with E-state index >= 15 is 0 Å². The van der Waals surface area contributed by atoms with Crippen molar-refractivity contribution in [2.45, 2.75) is 6.61 Å². The van der Waals surface area contributed by atoms with Crippen LogP contribution in [0.4, 0.5) is 0 Å². The first-order valence-corrected chi connectivity index (χ1v) is 9.39. The normalized spacial score (nSPS) is 12.3. The minimum atomic E-state index is -0.410. The smallest absolute Gasteiger partial charge is 0.336 e. The summed E-state index contributed by atoms with van der Waals surface area (Å²) in [5, 5.41) is 1.37. The molecule has 0 atom stereocenters. The second kappa shape index (κ2) is 7.18. The van der Waals surface area contributed by atoms with Crippen molar-refractivity contribution in [3.8, 4) is 28.4 Å². The number of hydrogen-bond acceptors (Lipinski definition) is 5. The highest BCUT2D eigenvalue weighted by Gasteiger charge is 2.17. The molecule has 0 saturated carbocycles. The molecule has 0 amide bonds. The molecule has 0 bridgehead atoms. The van der Waals surface area contributed by atoms with E-state index < -0.39 is 5.63 Å². The van der Waals surface area contributed by atoms with Gasteiger partial charge in [-0.25, -0.2) is 4.79 Å². The van der Waals surface area contributed by atoms with E-state index in [9.17, 15) is 4.79 Å². The van der Waals surface area contributed by atoms with Crippen molar-refractivity contribution in [2.75, 3.05) is 6.79 Å². The zero-order chi connectivity index (χ0) is 19.8. The highest BCUT2D eigenvalue weighted by molar-refractivity contribution is 6.31. The SMILES string of the molecule is O=c1cc(-c2ccccc2)c2ccc(OCc3cc4c(cc3Cl)OCO4)cc2o1. The summed E-state index contributed by atoms with van der Waals surface area (Å²) in [5.41, 5.74) is 2.60. The first kappa shape index (κ1) is 17.6. The van der Waals surface area contributed by atoms with E-state index in [1.165, 1.54) is 6.07 Å². The fraction of sp³-hybridized carbons (Fsp3) is 0.0870. The van der Waals surface area contributed by atoms with E-state index in [1.54, 1.807) is 18.2 Å². The molecule has 0 fully saturated rings. The maximum Gasteiger partial charge on any atom is 0.336 e. The van der Waals surface area contributed by atoms with Gasteiger partial charge in [-0.1, -0.05) is 41.9 Å². The summed E-state index contributed by atoms with van der Waals surface area (Å²) in [7, 11) is 0. The van der Waals surface area contributed by atoms with Gasteiger partial charge in [0.2, 0.25) is 6.79 Å². The second-order valence-electron chi connectivity index (χ2n) is 6.59. The summed E-state index contributed by atoms with van der Waals surface area (Å²) in [6.07, 6.45) is 0. The largest absolute Gasteiger partial charge is 0.489 e. The Balaban J connectivity index is 1.46. The van der Waals surface area contributed by atoms with Gasteiger partial charge in [0, 0.05) is 29.1 Å². The van der Waals surface area contributed by atoms with Gasteiger partial charge in [0.1, 0.15) is 17.9 Å². The van der Waals surface area contributed by atoms with E-state index in [0.717, 1.165) is 22.1 Å². The Kier molecular flexibility index (Phi) is 4.37. The van der Waals surface area contributed by atoms with Crippen LogP contribution < -0.4 is 19.8 Å². The molecule has 29 heavy (non-hydrogen) atoms. The van der Waals surface area contributed by atoms with Crippen molar-refractivity contribution in [1.29, 1.82) is 0 Å². The number of fused-ring (bicyclic) bond motifs is 2. The lowest BCUT2D eigenvalue weighted by atomic mass is 10.0. The molecule has 1 aliphatic heterocycles. The molecule has 2 heterocycles. The van der Waals surface area contributed by atoms with Gasteiger partial charge in [-0.2, -0.15) is 0 Å². The van der Waals surface area contributed by atoms with Gasteiger partial charge < -0.3 is 18.6 Å². The van der Waals surface area contributed by atoms with Crippen LogP contribution in [0.3, 0.4) is 0 Å². The maximum absolute atomic E-state index is 12.1. The van der Waals surface area contributed by atoms with Gasteiger partial charge >= 0.3 is 5.63 Å². The zero-order valence-electron chi connectivity index (χ0n) is 15.2. The van der Waals surface area contributed by atoms with Gasteiger partial charge in [0.25, 0.3) is 0 Å². The Morgan fingerprint density at radius 3 is 2.55 bits per heavy atom. The Bertz CT molecular complexity index is 1260. The minimum Gasteiger partial charge on any atom is -0.489 e. The summed E-state index contributed by atoms with van der Waals surface area (Å²) >= 11 is 6.30. The van der Waals surface area contributed by atoms with Crippen LogP contribution in [0.15, 0.2) is 75.9 Å². The van der Waals surface area contributed by atoms with E-state index in [2.05, 4.69) is 0 Å². The van der Waals surface area contributed by atoms with Crippen LogP contribution in [0.1, 0.15) is 5.56 Å². The Hall–Kier alpha value is -3.44. The van der Waals surface area contributed by atoms with Gasteiger partial charge in [-0.3, -0.25) is 0 Å². The quantitative estimate of drug-likeness (QED) is 0.423. The van der Waals surface area contributed by atoms with Crippen molar-refractivity contribution in [3.63, 3.8) is 0 Å². The molecule has 0 spiro atoms. The average Bonchev–Trinajstić information content (AvgIpc) is 3.19. The lowest BCUT2D eigenvalue weighted by Gasteiger charge is -2.10. The summed E-state index contributed by atoms with van der Waals surface area (Å²) in [4.78, 5) is 12.1. The number of hydrogen-bond donors (Lipinski definition) is 0. The molecule has 5 nitrogen and oxygen atoms in total. The third kappa shape index (κ3) is 3.41. The van der Waals surface area contributed by atoms with Crippen LogP contribution >= 0.6 is 11.6 Å². The van der Waals surface area contributed by atoms with Crippen molar-refractivity contribution >= 4 is 22.6 Å². The predicted octanol–water partition coefficient (Wildman–Crippen LogP) is 5.42. The molecule has 6 heteroatoms. The lowest BCUT2D eigenvalue weighted by Crippen LogP contribution is -2.00. The Morgan fingerprint density at radius 1 is 0.931 bits per heavy atom. The second-order valence-corrected chi connectivity index (χ2v) is 7.00. The first-order chi connectivity index (χ1) is 14.2. The lowest BCUT2D eigenvalue weighted by molar-refractivity contribution is 0.174. The fourth-order valence-electron chi connectivity index (χ4n) is 3.32. The van der Waals surface area contributed by atoms with Gasteiger partial charge in [-0.05, 0) is 29.3 Å². The number of benzene rings is 3. The first-order valence-electron chi connectivity index (χ1n) is 9.01. The molecule has 5 rings (SSSR count). The standard InChI is InChI=1S/C23H15ClO5/c24-19-11-22-21(27-13-28-22)8-15(19)12-26-16-6-7-17-18(14-4-2-1-3-5-14)10-23(25)29-20(17)9-16/h1-11H,12-13H2. The Labute approximate surface area is 171 Å². The van der Waals surface area contributed by atoms with Crippen LogP contribution in [0.5, 0.6) is 17.2 Å². The van der Waals surface area contributed by atoms with E-state index in [1.807, 2.05) is 42.5 Å². The van der Waals surface area contributed by atoms with Gasteiger partial charge in [0.05, 0.1) is 5.02 Å². The molecule has 3 aromatic carbocycles. The molecular formula is C23H15ClO5. The van der Waals surface area contributed by atoms with Crippen LogP contribution in [0, 0.1) is 0 Å². The van der Waals surface area contributed by atoms with Crippen LogP contribution in [0.25, 0.3) is 22.1 Å². The molecule has 0 unspecified atom stereocenters. The highest BCUT2D eigenvalue weighted by Crippen LogP contribution is 2.37. The molecule has 0 N–H and O–H groups in total. The number of halogens is 1. The van der Waals surface area contributed by atoms with Gasteiger partial charge in [-0.15, -0.1) is 0 Å². The van der Waals surface area contributed by atoms with E-state index in [4.69, 9.17) is 30.2 Å². The third-order valence-corrected chi connectivity index (χ3v) is 5.09. The molecular weight excluding hydrogens is 392 g/mol. The van der Waals surface area contributed by atoms with Crippen molar-refractivity contribution in [2.24, 2.45) is 0 Å². The number of ether oxygens (including phenoxy) is 3. The Morgan fingerprint density at radius 2 is 1.72 bits per heavy atom. The van der Waals surface area contributed by atoms with Crippen LogP contribution in [-0.2, 0) is 6.61 Å². The van der Waals surface area contributed by atoms with E-state index in [-0.39, 0.29) is 13.4 Å². The van der Waals surface area contributed by atoms with Crippen LogP contribution in [0.2, 0.25) is 5.02 Å². The predicted molar refractivity (Wildman–Crippen MR) is 110 cm³/mol. The summed E-state index contributed by atoms with van der Waals surface area (Å²) in [6, 6.07) is 20.2. The number of rotatable bonds is 4. The summed E-state index contributed by atoms with van der Waals surface area (Å²) in [5.74, 6) is 1.84. The minimum absolute atomic E-state index is 0.184. The fourth-order valence-corrected chi connectivity index (χ4v) is 3.53. The molecule has 0 saturated heterocycles.